The lowest BCUT2D eigenvalue weighted by atomic mass is 10.5. The van der Waals surface area contributed by atoms with Crippen molar-refractivity contribution in [1.29, 1.82) is 0 Å². The van der Waals surface area contributed by atoms with Crippen molar-refractivity contribution in [3.8, 4) is 0 Å². The van der Waals surface area contributed by atoms with E-state index in [1.54, 1.807) is 0 Å². The van der Waals surface area contributed by atoms with Gasteiger partial charge in [0.1, 0.15) is 5.52 Å². The molecule has 6 aromatic rings. The average molecular weight is 439 g/mol. The highest BCUT2D eigenvalue weighted by Crippen LogP contribution is 1.98. The summed E-state index contributed by atoms with van der Waals surface area (Å²) in [5, 5.41) is 0. The molecule has 17 nitrogen and oxygen atoms in total. The van der Waals surface area contributed by atoms with Crippen LogP contribution in [0.2, 0.25) is 0 Å². The summed E-state index contributed by atoms with van der Waals surface area (Å²) in [5.41, 5.74) is 5.86. The van der Waals surface area contributed by atoms with Gasteiger partial charge in [-0.25, -0.2) is 24.7 Å². The number of rotatable bonds is 0. The third-order valence-electron chi connectivity index (χ3n) is 3.86. The van der Waals surface area contributed by atoms with Gasteiger partial charge in [-0.15, -0.1) is 0 Å². The number of hydrogen-bond donors (Lipinski definition) is 8. The number of aromatic amines is 7. The largest absolute Gasteiger partial charge is 0.369 e. The first kappa shape index (κ1) is 19.9. The molecule has 0 aliphatic heterocycles. The maximum Gasteiger partial charge on any atom is 0.327 e. The van der Waals surface area contributed by atoms with Gasteiger partial charge < -0.3 is 25.7 Å². The van der Waals surface area contributed by atoms with Crippen LogP contribution in [-0.4, -0.2) is 59.8 Å². The number of anilines is 1. The quantitative estimate of drug-likeness (QED) is 0.127. The molecule has 9 N–H and O–H groups in total. The Morgan fingerprint density at radius 1 is 0.625 bits per heavy atom. The van der Waals surface area contributed by atoms with E-state index in [0.717, 1.165) is 0 Å². The first-order valence-corrected chi connectivity index (χ1v) is 8.63. The first-order chi connectivity index (χ1) is 15.4. The Morgan fingerprint density at radius 3 is 2.09 bits per heavy atom. The van der Waals surface area contributed by atoms with Gasteiger partial charge in [-0.1, -0.05) is 0 Å². The minimum Gasteiger partial charge on any atom is -0.369 e. The fourth-order valence-corrected chi connectivity index (χ4v) is 2.51. The lowest BCUT2D eigenvalue weighted by molar-refractivity contribution is 1.07. The second kappa shape index (κ2) is 8.18. The maximum atomic E-state index is 11.0. The zero-order valence-electron chi connectivity index (χ0n) is 15.8. The van der Waals surface area contributed by atoms with E-state index in [4.69, 9.17) is 5.73 Å². The summed E-state index contributed by atoms with van der Waals surface area (Å²) in [7, 11) is 0. The normalized spacial score (nSPS) is 10.5. The number of hydrogen-bond acceptors (Lipinski definition) is 10. The Balaban J connectivity index is 0.000000115. The van der Waals surface area contributed by atoms with E-state index in [2.05, 4.69) is 59.8 Å². The predicted octanol–water partition coefficient (Wildman–Crippen LogP) is -2.19. The molecule has 0 aliphatic carbocycles. The van der Waals surface area contributed by atoms with Crippen molar-refractivity contribution in [3.05, 3.63) is 66.9 Å². The van der Waals surface area contributed by atoms with E-state index in [1.165, 1.54) is 25.3 Å². The number of fused-ring (bicyclic) bond motifs is 3. The zero-order chi connectivity index (χ0) is 22.7. The van der Waals surface area contributed by atoms with Gasteiger partial charge in [-0.3, -0.25) is 29.3 Å². The van der Waals surface area contributed by atoms with Gasteiger partial charge in [0, 0.05) is 0 Å². The highest BCUT2D eigenvalue weighted by molar-refractivity contribution is 5.69. The van der Waals surface area contributed by atoms with Crippen molar-refractivity contribution >= 4 is 39.4 Å². The number of nitrogen functional groups attached to an aromatic ring is 1. The highest BCUT2D eigenvalue weighted by Gasteiger charge is 2.02. The monoisotopic (exact) mass is 439 g/mol. The molecule has 0 aromatic carbocycles. The fourth-order valence-electron chi connectivity index (χ4n) is 2.51. The van der Waals surface area contributed by atoms with Crippen LogP contribution < -0.4 is 28.1 Å². The molecule has 0 atom stereocenters. The van der Waals surface area contributed by atoms with Crippen molar-refractivity contribution in [1.82, 2.24) is 59.8 Å². The Labute approximate surface area is 172 Å². The standard InChI is InChI=1S/C5H5N5O.C5H4N4O2.C5H4N4O/c6-5-9-3-2(4(11)10-5)7-1-8-3;10-4-2-3(7-1-6-2)8-5(11)9-4;10-5-3-4(7-1-6-3)8-2-9-5/h1H,(H4,6,7,8,9,10,11);1H,(H3,6,7,8,9,10,11);1-2H,(H2,6,7,8,9,10). The van der Waals surface area contributed by atoms with E-state index in [1.807, 2.05) is 0 Å². The lowest BCUT2D eigenvalue weighted by Gasteiger charge is -1.89. The molecule has 6 heterocycles. The second-order valence-electron chi connectivity index (χ2n) is 5.92. The molecule has 0 fully saturated rings. The van der Waals surface area contributed by atoms with E-state index >= 15 is 0 Å². The molecule has 0 amide bonds. The van der Waals surface area contributed by atoms with Crippen molar-refractivity contribution in [2.24, 2.45) is 0 Å². The summed E-state index contributed by atoms with van der Waals surface area (Å²) in [6.07, 6.45) is 5.50. The molecule has 162 valence electrons. The lowest BCUT2D eigenvalue weighted by Crippen LogP contribution is -2.21. The second-order valence-corrected chi connectivity index (χ2v) is 5.92. The Kier molecular flexibility index (Phi) is 5.10. The van der Waals surface area contributed by atoms with Crippen molar-refractivity contribution in [3.63, 3.8) is 0 Å². The van der Waals surface area contributed by atoms with Gasteiger partial charge in [0.2, 0.25) is 5.95 Å². The molecular weight excluding hydrogens is 426 g/mol. The fraction of sp³-hybridized carbons (Fsp3) is 0. The number of imidazole rings is 3. The van der Waals surface area contributed by atoms with Crippen LogP contribution in [0.5, 0.6) is 0 Å². The third kappa shape index (κ3) is 4.01. The van der Waals surface area contributed by atoms with Crippen LogP contribution in [0.4, 0.5) is 5.95 Å². The highest BCUT2D eigenvalue weighted by atomic mass is 16.2. The van der Waals surface area contributed by atoms with Crippen LogP contribution in [0.1, 0.15) is 0 Å². The number of H-pyrrole nitrogens is 7. The molecule has 0 aliphatic rings. The summed E-state index contributed by atoms with van der Waals surface area (Å²) in [4.78, 5) is 79.4. The van der Waals surface area contributed by atoms with E-state index in [-0.39, 0.29) is 33.7 Å². The Morgan fingerprint density at radius 2 is 1.31 bits per heavy atom. The first-order valence-electron chi connectivity index (χ1n) is 8.63. The number of nitrogens with one attached hydrogen (secondary N) is 7. The van der Waals surface area contributed by atoms with Crippen molar-refractivity contribution in [2.75, 3.05) is 5.73 Å². The molecule has 32 heavy (non-hydrogen) atoms. The Bertz CT molecular complexity index is 1740. The smallest absolute Gasteiger partial charge is 0.327 e. The minimum absolute atomic E-state index is 0.0896. The van der Waals surface area contributed by atoms with Gasteiger partial charge in [-0.05, 0) is 0 Å². The maximum absolute atomic E-state index is 11.0. The summed E-state index contributed by atoms with van der Waals surface area (Å²) >= 11 is 0. The average Bonchev–Trinajstić information content (AvgIpc) is 3.49. The van der Waals surface area contributed by atoms with Gasteiger partial charge in [0.25, 0.3) is 16.7 Å². The number of nitrogens with zero attached hydrogens (tertiary/aromatic N) is 5. The molecule has 0 saturated carbocycles. The molecule has 6 aromatic heterocycles. The summed E-state index contributed by atoms with van der Waals surface area (Å²) in [6.45, 7) is 0. The number of aromatic nitrogens is 12. The molecule has 0 saturated heterocycles. The van der Waals surface area contributed by atoms with Crippen LogP contribution >= 0.6 is 0 Å². The van der Waals surface area contributed by atoms with E-state index in [0.29, 0.717) is 16.8 Å². The molecule has 6 rings (SSSR count). The van der Waals surface area contributed by atoms with Crippen LogP contribution in [0.3, 0.4) is 0 Å². The SMILES string of the molecule is Nc1nc2[nH]cnc2c(=O)[nH]1.O=c1[nH]c(=O)c2[nH]cnc2[nH]1.O=c1[nH]cnc2nc[nH]c12. The topological polar surface area (TPSA) is 269 Å². The van der Waals surface area contributed by atoms with Gasteiger partial charge in [-0.2, -0.15) is 4.98 Å². The molecular formula is C15H13N13O4. The van der Waals surface area contributed by atoms with Gasteiger partial charge >= 0.3 is 5.69 Å². The third-order valence-corrected chi connectivity index (χ3v) is 3.86. The van der Waals surface area contributed by atoms with Crippen LogP contribution in [0, 0.1) is 0 Å². The summed E-state index contributed by atoms with van der Waals surface area (Å²) in [6, 6.07) is 0. The van der Waals surface area contributed by atoms with Gasteiger partial charge in [0.15, 0.2) is 28.0 Å². The molecule has 0 bridgehead atoms. The molecule has 0 spiro atoms. The molecule has 0 unspecified atom stereocenters. The van der Waals surface area contributed by atoms with Gasteiger partial charge in [0.05, 0.1) is 25.3 Å². The predicted molar refractivity (Wildman–Crippen MR) is 111 cm³/mol. The Hall–Kier alpha value is -5.35. The minimum atomic E-state index is -0.547. The number of nitrogens with two attached hydrogens (primary N) is 1. The molecule has 0 radical (unpaired) electrons. The summed E-state index contributed by atoms with van der Waals surface area (Å²) in [5.74, 6) is 0.0896. The van der Waals surface area contributed by atoms with Crippen LogP contribution in [-0.2, 0) is 0 Å². The van der Waals surface area contributed by atoms with Crippen molar-refractivity contribution < 1.29 is 0 Å². The summed E-state index contributed by atoms with van der Waals surface area (Å²) < 4.78 is 0. The molecule has 17 heteroatoms. The van der Waals surface area contributed by atoms with Crippen molar-refractivity contribution in [2.45, 2.75) is 0 Å². The van der Waals surface area contributed by atoms with E-state index < -0.39 is 11.2 Å². The zero-order valence-corrected chi connectivity index (χ0v) is 15.8. The van der Waals surface area contributed by atoms with Crippen LogP contribution in [0.15, 0.2) is 44.5 Å². The van der Waals surface area contributed by atoms with E-state index in [9.17, 15) is 19.2 Å². The van der Waals surface area contributed by atoms with Crippen LogP contribution in [0.25, 0.3) is 33.5 Å².